The maximum Gasteiger partial charge on any atom is 0.338 e. The number of aliphatic hydroxyl groups is 8. The molecule has 5 heterocycles. The average Bonchev–Trinajstić information content (AvgIpc) is 3.90. The minimum Gasteiger partial charge on any atom is -0.450 e. The Bertz CT molecular complexity index is 2430. The van der Waals surface area contributed by atoms with Crippen molar-refractivity contribution in [3.63, 3.8) is 0 Å². The molecule has 2 saturated carbocycles. The second kappa shape index (κ2) is 25.7. The van der Waals surface area contributed by atoms with Crippen molar-refractivity contribution in [2.75, 3.05) is 32.9 Å². The normalized spacial score (nSPS) is 37.1. The lowest BCUT2D eigenvalue weighted by atomic mass is 9.78. The van der Waals surface area contributed by atoms with Gasteiger partial charge in [0.1, 0.15) is 72.8 Å². The molecule has 1 amide bonds. The molecule has 2 aliphatic carbocycles. The van der Waals surface area contributed by atoms with Crippen LogP contribution >= 0.6 is 0 Å². The Kier molecular flexibility index (Phi) is 19.3. The smallest absolute Gasteiger partial charge is 0.338 e. The summed E-state index contributed by atoms with van der Waals surface area (Å²) in [5.41, 5.74) is 0.436. The van der Waals surface area contributed by atoms with Crippen LogP contribution in [-0.2, 0) is 42.7 Å². The summed E-state index contributed by atoms with van der Waals surface area (Å²) in [4.78, 5) is 30.0. The Balaban J connectivity index is 1.00. The van der Waals surface area contributed by atoms with Gasteiger partial charge in [-0.2, -0.15) is 0 Å². The monoisotopic (exact) mass is 1100 g/mol. The standard InChI is InChI=1S/C54H74F2N4O18/c1-26-18-32(21-33(55)39(26)56)34-22-60(58-57-34)40-42(64)37(23-61)75-52(44(40)66)71-25-30-17-27(2)47(78-53-46(68)45(67)41(63)28(3)72-53)35(20-30)74-54-49(77-51(70)31-13-8-5-9-14-31)48(43(65)38(24-62)76-54)73-36(50(69)59-15-10-16-59)19-29-11-6-4-7-12-29/h5,8-9,13-14,18,21-22,27-30,35-38,40-49,52-54,61-68H,4,6-7,10-12,15-17,19-20,23-25H2,1-3H3/t27?,28?,30?,35-,36+,37?,38+,40?,41-,42-,43+,44?,45+,46?,47-,48?,49?,52+,53+,54-/m1/s1. The van der Waals surface area contributed by atoms with E-state index in [0.29, 0.717) is 25.9 Å². The number of nitrogens with zero attached hydrogens (tertiary/aromatic N) is 4. The van der Waals surface area contributed by atoms with Crippen LogP contribution in [-0.4, -0.2) is 210 Å². The minimum atomic E-state index is -1.72. The molecule has 9 unspecified atom stereocenters. The Labute approximate surface area is 450 Å². The summed E-state index contributed by atoms with van der Waals surface area (Å²) in [6.07, 6.45) is -16.6. The fourth-order valence-corrected chi connectivity index (χ4v) is 11.8. The first-order chi connectivity index (χ1) is 37.4. The van der Waals surface area contributed by atoms with Gasteiger partial charge < -0.3 is 83.6 Å². The molecular weight excluding hydrogens is 1030 g/mol. The van der Waals surface area contributed by atoms with Gasteiger partial charge in [-0.05, 0) is 87.1 Å². The van der Waals surface area contributed by atoms with Crippen LogP contribution in [0.15, 0.2) is 48.7 Å². The highest BCUT2D eigenvalue weighted by atomic mass is 19.2. The highest BCUT2D eigenvalue weighted by Gasteiger charge is 2.54. The number of aromatic nitrogens is 3. The molecule has 8 N–H and O–H groups in total. The quantitative estimate of drug-likeness (QED) is 0.0836. The van der Waals surface area contributed by atoms with Gasteiger partial charge in [-0.25, -0.2) is 18.3 Å². The molecule has 432 valence electrons. The van der Waals surface area contributed by atoms with Crippen molar-refractivity contribution < 1.29 is 97.1 Å². The van der Waals surface area contributed by atoms with E-state index in [1.165, 1.54) is 38.2 Å². The van der Waals surface area contributed by atoms with Crippen molar-refractivity contribution in [1.82, 2.24) is 19.9 Å². The zero-order chi connectivity index (χ0) is 55.5. The number of hydrogen-bond donors (Lipinski definition) is 8. The van der Waals surface area contributed by atoms with Crippen molar-refractivity contribution in [2.45, 2.75) is 189 Å². The average molecular weight is 1110 g/mol. The molecule has 6 fully saturated rings. The number of benzene rings is 2. The van der Waals surface area contributed by atoms with Gasteiger partial charge >= 0.3 is 5.97 Å². The van der Waals surface area contributed by atoms with Gasteiger partial charge in [-0.3, -0.25) is 4.79 Å². The molecule has 3 aromatic rings. The molecule has 20 atom stereocenters. The summed E-state index contributed by atoms with van der Waals surface area (Å²) >= 11 is 0. The first kappa shape index (κ1) is 58.4. The third kappa shape index (κ3) is 12.8. The van der Waals surface area contributed by atoms with Crippen LogP contribution in [0.1, 0.15) is 93.6 Å². The first-order valence-corrected chi connectivity index (χ1v) is 27.2. The predicted molar refractivity (Wildman–Crippen MR) is 265 cm³/mol. The Morgan fingerprint density at radius 1 is 0.756 bits per heavy atom. The van der Waals surface area contributed by atoms with E-state index >= 15 is 0 Å². The molecule has 9 rings (SSSR count). The van der Waals surface area contributed by atoms with Gasteiger partial charge in [0.2, 0.25) is 0 Å². The van der Waals surface area contributed by atoms with Crippen LogP contribution in [0.5, 0.6) is 0 Å². The van der Waals surface area contributed by atoms with Crippen molar-refractivity contribution in [3.05, 3.63) is 71.4 Å². The summed E-state index contributed by atoms with van der Waals surface area (Å²) in [7, 11) is 0. The molecule has 0 radical (unpaired) electrons. The number of amides is 1. The van der Waals surface area contributed by atoms with Gasteiger partial charge in [0.05, 0.1) is 49.9 Å². The number of halogens is 2. The summed E-state index contributed by atoms with van der Waals surface area (Å²) in [5.74, 6) is -4.12. The third-order valence-corrected chi connectivity index (χ3v) is 16.4. The number of esters is 1. The van der Waals surface area contributed by atoms with Crippen LogP contribution in [0.3, 0.4) is 0 Å². The Hall–Kier alpha value is -4.22. The molecule has 78 heavy (non-hydrogen) atoms. The summed E-state index contributed by atoms with van der Waals surface area (Å²) in [6.45, 7) is 4.13. The molecular formula is C54H74F2N4O18. The zero-order valence-electron chi connectivity index (χ0n) is 43.8. The summed E-state index contributed by atoms with van der Waals surface area (Å²) in [5, 5.41) is 97.0. The molecule has 0 bridgehead atoms. The summed E-state index contributed by atoms with van der Waals surface area (Å²) < 4.78 is 80.5. The number of rotatable bonds is 18. The van der Waals surface area contributed by atoms with E-state index in [9.17, 15) is 59.2 Å². The predicted octanol–water partition coefficient (Wildman–Crippen LogP) is 1.43. The van der Waals surface area contributed by atoms with E-state index in [0.717, 1.165) is 49.3 Å². The minimum absolute atomic E-state index is 0.0167. The number of carbonyl (C=O) groups excluding carboxylic acids is 2. The van der Waals surface area contributed by atoms with Gasteiger partial charge in [-0.15, -0.1) is 5.10 Å². The van der Waals surface area contributed by atoms with Gasteiger partial charge in [-0.1, -0.05) is 62.4 Å². The molecule has 4 saturated heterocycles. The van der Waals surface area contributed by atoms with E-state index in [1.54, 1.807) is 23.1 Å². The van der Waals surface area contributed by atoms with E-state index in [-0.39, 0.29) is 47.2 Å². The van der Waals surface area contributed by atoms with Crippen LogP contribution in [0.25, 0.3) is 11.3 Å². The van der Waals surface area contributed by atoms with Crippen LogP contribution < -0.4 is 0 Å². The molecule has 2 aromatic carbocycles. The molecule has 1 aromatic heterocycles. The van der Waals surface area contributed by atoms with Crippen LogP contribution in [0, 0.1) is 36.3 Å². The van der Waals surface area contributed by atoms with Crippen LogP contribution in [0.4, 0.5) is 8.78 Å². The van der Waals surface area contributed by atoms with Crippen molar-refractivity contribution in [2.24, 2.45) is 17.8 Å². The number of likely N-dealkylation sites (tertiary alicyclic amines) is 1. The Morgan fingerprint density at radius 3 is 2.14 bits per heavy atom. The van der Waals surface area contributed by atoms with Gasteiger partial charge in [0.15, 0.2) is 36.6 Å². The number of ether oxygens (including phenoxy) is 8. The van der Waals surface area contributed by atoms with E-state index in [2.05, 4.69) is 10.3 Å². The fourth-order valence-electron chi connectivity index (χ4n) is 11.8. The van der Waals surface area contributed by atoms with E-state index in [4.69, 9.17) is 37.9 Å². The molecule has 0 spiro atoms. The SMILES string of the molecule is Cc1cc(-c2cn(C3C(O)[C@@H](OCC4CC(C)[C@@H](O[C@@H]5OC(C)[C@@H](O)[C@H](O)C5O)[C@H](O[C@@H]5O[C@@H](CO)[C@H](O)C(O[C@@H](CC6CCCCC6)C(=O)N6CCC6)C5OC(=O)c5ccccc5)C4)OC(CO)[C@H]3O)nn2)cc(F)c1F. The topological polar surface area (TPSA) is 304 Å². The highest BCUT2D eigenvalue weighted by molar-refractivity contribution is 5.89. The highest BCUT2D eigenvalue weighted by Crippen LogP contribution is 2.41. The zero-order valence-corrected chi connectivity index (χ0v) is 43.8. The molecule has 4 aliphatic heterocycles. The maximum atomic E-state index is 14.4. The van der Waals surface area contributed by atoms with Gasteiger partial charge in [0, 0.05) is 18.7 Å². The second-order valence-corrected chi connectivity index (χ2v) is 21.9. The van der Waals surface area contributed by atoms with Crippen molar-refractivity contribution in [3.8, 4) is 11.3 Å². The summed E-state index contributed by atoms with van der Waals surface area (Å²) in [6, 6.07) is 9.04. The Morgan fingerprint density at radius 2 is 1.46 bits per heavy atom. The molecule has 22 nitrogen and oxygen atoms in total. The lowest BCUT2D eigenvalue weighted by molar-refractivity contribution is -0.350. The first-order valence-electron chi connectivity index (χ1n) is 27.2. The molecule has 6 aliphatic rings. The number of hydrogen-bond acceptors (Lipinski definition) is 20. The maximum absolute atomic E-state index is 14.4. The lowest BCUT2D eigenvalue weighted by Gasteiger charge is -2.49. The molecule has 24 heteroatoms. The number of aryl methyl sites for hydroxylation is 1. The van der Waals surface area contributed by atoms with Gasteiger partial charge in [0.25, 0.3) is 5.91 Å². The van der Waals surface area contributed by atoms with Crippen LogP contribution in [0.2, 0.25) is 0 Å². The number of carbonyl (C=O) groups is 2. The largest absolute Gasteiger partial charge is 0.450 e. The second-order valence-electron chi connectivity index (χ2n) is 21.9. The third-order valence-electron chi connectivity index (χ3n) is 16.4. The lowest BCUT2D eigenvalue weighted by Crippen LogP contribution is -2.64. The van der Waals surface area contributed by atoms with E-state index < -0.39 is 153 Å². The van der Waals surface area contributed by atoms with Crippen molar-refractivity contribution >= 4 is 11.9 Å². The fraction of sp³-hybridized carbons (Fsp3) is 0.704. The number of aliphatic hydroxyl groups excluding tert-OH is 8. The van der Waals surface area contributed by atoms with E-state index in [1.807, 2.05) is 6.92 Å². The van der Waals surface area contributed by atoms with Crippen molar-refractivity contribution in [1.29, 1.82) is 0 Å².